The molecule has 35 heavy (non-hydrogen) atoms. The van der Waals surface area contributed by atoms with Gasteiger partial charge in [0.1, 0.15) is 11.3 Å². The number of urea groups is 1. The first-order valence-electron chi connectivity index (χ1n) is 11.5. The zero-order valence-electron chi connectivity index (χ0n) is 19.4. The number of rotatable bonds is 5. The van der Waals surface area contributed by atoms with E-state index in [1.165, 1.54) is 18.2 Å². The fraction of sp³-hybridized carbons (Fsp3) is 0.179. The maximum atomic E-state index is 13.2. The molecular formula is C28H25N3O4. The Bertz CT molecular complexity index is 1330. The van der Waals surface area contributed by atoms with Crippen LogP contribution in [0.15, 0.2) is 78.4 Å². The first kappa shape index (κ1) is 22.4. The second-order valence-corrected chi connectivity index (χ2v) is 8.56. The lowest BCUT2D eigenvalue weighted by molar-refractivity contribution is -0.122. The first-order valence-corrected chi connectivity index (χ1v) is 11.5. The average Bonchev–Trinajstić information content (AvgIpc) is 2.87. The van der Waals surface area contributed by atoms with Crippen molar-refractivity contribution in [2.75, 3.05) is 23.5 Å². The number of fused-ring (bicyclic) bond motifs is 1. The Morgan fingerprint density at radius 3 is 2.60 bits per heavy atom. The summed E-state index contributed by atoms with van der Waals surface area (Å²) in [6.45, 7) is 1.80. The molecule has 4 amide bonds. The van der Waals surface area contributed by atoms with E-state index in [-0.39, 0.29) is 5.57 Å². The number of hydrogen-bond acceptors (Lipinski definition) is 5. The van der Waals surface area contributed by atoms with Crippen LogP contribution in [0, 0.1) is 0 Å². The third kappa shape index (κ3) is 4.53. The van der Waals surface area contributed by atoms with Gasteiger partial charge in [-0.25, -0.2) is 9.69 Å². The number of anilines is 2. The van der Waals surface area contributed by atoms with Gasteiger partial charge < -0.3 is 9.64 Å². The number of barbiturate groups is 1. The summed E-state index contributed by atoms with van der Waals surface area (Å²) in [5.74, 6) is -0.877. The molecule has 7 heteroatoms. The molecule has 1 fully saturated rings. The molecule has 0 saturated carbocycles. The van der Waals surface area contributed by atoms with Crippen LogP contribution in [0.1, 0.15) is 23.1 Å². The summed E-state index contributed by atoms with van der Waals surface area (Å²) in [7, 11) is 1.50. The highest BCUT2D eigenvalue weighted by Crippen LogP contribution is 2.31. The minimum absolute atomic E-state index is 0.0932. The Balaban J connectivity index is 1.44. The van der Waals surface area contributed by atoms with Gasteiger partial charge in [0.2, 0.25) is 0 Å². The van der Waals surface area contributed by atoms with E-state index in [2.05, 4.69) is 22.3 Å². The number of nitrogens with one attached hydrogen (secondary N) is 1. The normalized spacial score (nSPS) is 16.8. The van der Waals surface area contributed by atoms with E-state index in [1.807, 2.05) is 36.4 Å². The Kier molecular flexibility index (Phi) is 6.06. The summed E-state index contributed by atoms with van der Waals surface area (Å²) in [4.78, 5) is 41.6. The molecule has 2 aliphatic heterocycles. The Labute approximate surface area is 203 Å². The maximum Gasteiger partial charge on any atom is 0.335 e. The van der Waals surface area contributed by atoms with E-state index >= 15 is 0 Å². The van der Waals surface area contributed by atoms with Crippen LogP contribution in [-0.2, 0) is 22.6 Å². The zero-order chi connectivity index (χ0) is 24.4. The molecule has 5 rings (SSSR count). The molecule has 7 nitrogen and oxygen atoms in total. The van der Waals surface area contributed by atoms with Gasteiger partial charge >= 0.3 is 6.03 Å². The highest BCUT2D eigenvalue weighted by Gasteiger charge is 2.37. The average molecular weight is 468 g/mol. The lowest BCUT2D eigenvalue weighted by atomic mass is 9.97. The molecule has 0 spiro atoms. The van der Waals surface area contributed by atoms with Gasteiger partial charge in [-0.2, -0.15) is 0 Å². The number of nitrogens with zero attached hydrogens (tertiary/aromatic N) is 2. The molecule has 2 heterocycles. The summed E-state index contributed by atoms with van der Waals surface area (Å²) in [5.41, 5.74) is 4.56. The van der Waals surface area contributed by atoms with E-state index in [4.69, 9.17) is 4.74 Å². The van der Waals surface area contributed by atoms with E-state index in [0.717, 1.165) is 42.1 Å². The van der Waals surface area contributed by atoms with E-state index in [0.29, 0.717) is 11.4 Å². The van der Waals surface area contributed by atoms with Gasteiger partial charge in [-0.3, -0.25) is 14.9 Å². The summed E-state index contributed by atoms with van der Waals surface area (Å²) >= 11 is 0. The topological polar surface area (TPSA) is 79.0 Å². The standard InChI is InChI=1S/C28H25N3O4/c1-35-23-11-5-10-22(17-23)31-27(33)24(26(32)29-28(31)34)16-20-12-13-25-21(15-20)9-6-14-30(25)18-19-7-3-2-4-8-19/h2-5,7-8,10-13,15-17H,6,9,14,18H2,1H3,(H,29,32,34)/b24-16+. The Hall–Kier alpha value is -4.39. The highest BCUT2D eigenvalue weighted by molar-refractivity contribution is 6.39. The summed E-state index contributed by atoms with van der Waals surface area (Å²) in [5, 5.41) is 2.27. The SMILES string of the molecule is COc1cccc(N2C(=O)NC(=O)/C(=C\c3ccc4c(c3)CCCN4Cc3ccccc3)C2=O)c1. The largest absolute Gasteiger partial charge is 0.497 e. The monoisotopic (exact) mass is 467 g/mol. The fourth-order valence-corrected chi connectivity index (χ4v) is 4.56. The van der Waals surface area contributed by atoms with Crippen molar-refractivity contribution in [2.45, 2.75) is 19.4 Å². The van der Waals surface area contributed by atoms with Crippen molar-refractivity contribution in [3.63, 3.8) is 0 Å². The van der Waals surface area contributed by atoms with Gasteiger partial charge in [-0.15, -0.1) is 0 Å². The smallest absolute Gasteiger partial charge is 0.335 e. The van der Waals surface area contributed by atoms with Crippen LogP contribution in [0.2, 0.25) is 0 Å². The van der Waals surface area contributed by atoms with Crippen LogP contribution in [0.25, 0.3) is 6.08 Å². The van der Waals surface area contributed by atoms with Gasteiger partial charge in [0.15, 0.2) is 0 Å². The van der Waals surface area contributed by atoms with Crippen molar-refractivity contribution in [1.82, 2.24) is 5.32 Å². The molecule has 0 unspecified atom stereocenters. The second-order valence-electron chi connectivity index (χ2n) is 8.56. The molecule has 0 aromatic heterocycles. The van der Waals surface area contributed by atoms with Crippen LogP contribution < -0.4 is 19.9 Å². The van der Waals surface area contributed by atoms with E-state index < -0.39 is 17.8 Å². The number of carbonyl (C=O) groups excluding carboxylic acids is 3. The summed E-state index contributed by atoms with van der Waals surface area (Å²) in [6.07, 6.45) is 3.50. The number of aryl methyl sites for hydroxylation is 1. The van der Waals surface area contributed by atoms with Crippen LogP contribution in [0.4, 0.5) is 16.2 Å². The fourth-order valence-electron chi connectivity index (χ4n) is 4.56. The molecule has 0 radical (unpaired) electrons. The summed E-state index contributed by atoms with van der Waals surface area (Å²) in [6, 6.07) is 22.1. The number of benzene rings is 3. The predicted molar refractivity (Wildman–Crippen MR) is 134 cm³/mol. The predicted octanol–water partition coefficient (Wildman–Crippen LogP) is 4.31. The van der Waals surface area contributed by atoms with Gasteiger partial charge in [0.25, 0.3) is 11.8 Å². The molecule has 1 saturated heterocycles. The molecule has 1 N–H and O–H groups in total. The van der Waals surface area contributed by atoms with E-state index in [1.54, 1.807) is 30.3 Å². The molecule has 3 aromatic rings. The summed E-state index contributed by atoms with van der Waals surface area (Å²) < 4.78 is 5.20. The molecule has 176 valence electrons. The van der Waals surface area contributed by atoms with Crippen LogP contribution in [0.5, 0.6) is 5.75 Å². The van der Waals surface area contributed by atoms with Crippen LogP contribution in [-0.4, -0.2) is 31.5 Å². The van der Waals surface area contributed by atoms with Gasteiger partial charge in [0, 0.05) is 24.8 Å². The highest BCUT2D eigenvalue weighted by atomic mass is 16.5. The Morgan fingerprint density at radius 2 is 1.80 bits per heavy atom. The number of ether oxygens (including phenoxy) is 1. The number of amides is 4. The van der Waals surface area contributed by atoms with Crippen molar-refractivity contribution in [2.24, 2.45) is 0 Å². The first-order chi connectivity index (χ1) is 17.0. The van der Waals surface area contributed by atoms with Crippen molar-refractivity contribution in [3.05, 3.63) is 95.1 Å². The number of carbonyl (C=O) groups is 3. The molecule has 2 aliphatic rings. The molecular weight excluding hydrogens is 442 g/mol. The van der Waals surface area contributed by atoms with Crippen LogP contribution in [0.3, 0.4) is 0 Å². The maximum absolute atomic E-state index is 13.2. The number of hydrogen-bond donors (Lipinski definition) is 1. The van der Waals surface area contributed by atoms with Gasteiger partial charge in [-0.1, -0.05) is 42.5 Å². The van der Waals surface area contributed by atoms with Gasteiger partial charge in [0.05, 0.1) is 12.8 Å². The molecule has 0 aliphatic carbocycles. The third-order valence-corrected chi connectivity index (χ3v) is 6.26. The quantitative estimate of drug-likeness (QED) is 0.447. The molecule has 3 aromatic carbocycles. The third-order valence-electron chi connectivity index (χ3n) is 6.26. The van der Waals surface area contributed by atoms with E-state index in [9.17, 15) is 14.4 Å². The minimum Gasteiger partial charge on any atom is -0.497 e. The van der Waals surface area contributed by atoms with Gasteiger partial charge in [-0.05, 0) is 59.9 Å². The lowest BCUT2D eigenvalue weighted by Gasteiger charge is -2.32. The molecule has 0 bridgehead atoms. The van der Waals surface area contributed by atoms with Crippen molar-refractivity contribution in [3.8, 4) is 5.75 Å². The van der Waals surface area contributed by atoms with Crippen molar-refractivity contribution < 1.29 is 19.1 Å². The lowest BCUT2D eigenvalue weighted by Crippen LogP contribution is -2.54. The van der Waals surface area contributed by atoms with Crippen LogP contribution >= 0.6 is 0 Å². The zero-order valence-corrected chi connectivity index (χ0v) is 19.4. The number of methoxy groups -OCH3 is 1. The minimum atomic E-state index is -0.785. The number of imide groups is 2. The van der Waals surface area contributed by atoms with Crippen molar-refractivity contribution in [1.29, 1.82) is 0 Å². The second kappa shape index (κ2) is 9.46. The Morgan fingerprint density at radius 1 is 0.971 bits per heavy atom. The molecule has 0 atom stereocenters. The van der Waals surface area contributed by atoms with Crippen molar-refractivity contribution >= 4 is 35.3 Å².